The Kier molecular flexibility index (Phi) is 6.54. The molecule has 0 spiro atoms. The molecule has 1 aliphatic heterocycles. The van der Waals surface area contributed by atoms with E-state index in [4.69, 9.17) is 4.74 Å². The van der Waals surface area contributed by atoms with Gasteiger partial charge in [-0.25, -0.2) is 4.79 Å². The number of fused-ring (bicyclic) bond motifs is 1. The van der Waals surface area contributed by atoms with Gasteiger partial charge in [0.2, 0.25) is 0 Å². The highest BCUT2D eigenvalue weighted by atomic mass is 16.5. The van der Waals surface area contributed by atoms with Crippen LogP contribution in [0.5, 0.6) is 0 Å². The van der Waals surface area contributed by atoms with Crippen molar-refractivity contribution in [2.75, 3.05) is 11.9 Å². The maximum atomic E-state index is 13.1. The van der Waals surface area contributed by atoms with Crippen LogP contribution in [-0.4, -0.2) is 41.2 Å². The van der Waals surface area contributed by atoms with E-state index in [2.05, 4.69) is 5.32 Å². The summed E-state index contributed by atoms with van der Waals surface area (Å²) < 4.78 is 5.30. The molecule has 172 valence electrons. The van der Waals surface area contributed by atoms with Crippen LogP contribution in [-0.2, 0) is 20.7 Å². The highest BCUT2D eigenvalue weighted by molar-refractivity contribution is 6.22. The van der Waals surface area contributed by atoms with E-state index in [9.17, 15) is 19.2 Å². The molecule has 7 heteroatoms. The fraction of sp³-hybridized carbons (Fsp3) is 0.185. The van der Waals surface area contributed by atoms with Gasteiger partial charge >= 0.3 is 5.97 Å². The van der Waals surface area contributed by atoms with Crippen LogP contribution in [0.2, 0.25) is 0 Å². The summed E-state index contributed by atoms with van der Waals surface area (Å²) in [4.78, 5) is 52.6. The highest BCUT2D eigenvalue weighted by Crippen LogP contribution is 2.26. The zero-order valence-electron chi connectivity index (χ0n) is 18.9. The standard InChI is InChI=1S/C27H24N2O5/c1-17-9-8-10-18(2)24(17)28-23(30)16-34-27(33)22(15-19-11-4-3-5-12-19)29-25(31)20-13-6-7-14-21(20)26(29)32/h3-14,22H,15-16H2,1-2H3,(H,28,30)/t22-/m0/s1. The second-order valence-electron chi connectivity index (χ2n) is 8.15. The maximum absolute atomic E-state index is 13.1. The molecule has 0 saturated heterocycles. The van der Waals surface area contributed by atoms with Gasteiger partial charge in [-0.2, -0.15) is 0 Å². The number of para-hydroxylation sites is 1. The molecule has 0 unspecified atom stereocenters. The zero-order chi connectivity index (χ0) is 24.2. The van der Waals surface area contributed by atoms with Crippen LogP contribution in [0, 0.1) is 13.8 Å². The molecule has 1 heterocycles. The van der Waals surface area contributed by atoms with Crippen LogP contribution in [0.1, 0.15) is 37.4 Å². The molecule has 0 aliphatic carbocycles. The fourth-order valence-corrected chi connectivity index (χ4v) is 4.03. The Balaban J connectivity index is 1.52. The number of aryl methyl sites for hydroxylation is 2. The van der Waals surface area contributed by atoms with Crippen molar-refractivity contribution < 1.29 is 23.9 Å². The molecule has 1 atom stereocenters. The molecule has 3 aromatic carbocycles. The minimum atomic E-state index is -1.21. The SMILES string of the molecule is Cc1cccc(C)c1NC(=O)COC(=O)[C@H](Cc1ccccc1)N1C(=O)c2ccccc2C1=O. The van der Waals surface area contributed by atoms with Crippen LogP contribution < -0.4 is 5.32 Å². The van der Waals surface area contributed by atoms with E-state index in [0.717, 1.165) is 21.6 Å². The Bertz CT molecular complexity index is 1210. The number of nitrogens with one attached hydrogen (secondary N) is 1. The van der Waals surface area contributed by atoms with Gasteiger partial charge in [0.1, 0.15) is 6.04 Å². The largest absolute Gasteiger partial charge is 0.454 e. The normalized spacial score (nSPS) is 13.4. The van der Waals surface area contributed by atoms with E-state index in [1.54, 1.807) is 48.5 Å². The number of nitrogens with zero attached hydrogens (tertiary/aromatic N) is 1. The van der Waals surface area contributed by atoms with Gasteiger partial charge in [0.25, 0.3) is 17.7 Å². The first-order valence-corrected chi connectivity index (χ1v) is 10.9. The van der Waals surface area contributed by atoms with Crippen LogP contribution in [0.25, 0.3) is 0 Å². The van der Waals surface area contributed by atoms with E-state index < -0.39 is 36.3 Å². The van der Waals surface area contributed by atoms with Gasteiger partial charge in [-0.1, -0.05) is 60.7 Å². The van der Waals surface area contributed by atoms with Crippen molar-refractivity contribution in [3.63, 3.8) is 0 Å². The van der Waals surface area contributed by atoms with E-state index in [-0.39, 0.29) is 17.5 Å². The Morgan fingerprint density at radius 2 is 1.38 bits per heavy atom. The summed E-state index contributed by atoms with van der Waals surface area (Å²) in [6.45, 7) is 3.20. The van der Waals surface area contributed by atoms with E-state index in [0.29, 0.717) is 5.69 Å². The molecule has 0 fully saturated rings. The van der Waals surface area contributed by atoms with E-state index in [1.165, 1.54) is 0 Å². The fourth-order valence-electron chi connectivity index (χ4n) is 4.03. The number of esters is 1. The summed E-state index contributed by atoms with van der Waals surface area (Å²) in [5.41, 5.74) is 3.66. The molecule has 0 aromatic heterocycles. The van der Waals surface area contributed by atoms with Gasteiger partial charge in [-0.3, -0.25) is 19.3 Å². The first-order chi connectivity index (χ1) is 16.4. The second kappa shape index (κ2) is 9.70. The van der Waals surface area contributed by atoms with Gasteiger partial charge < -0.3 is 10.1 Å². The number of anilines is 1. The van der Waals surface area contributed by atoms with Crippen molar-refractivity contribution in [1.29, 1.82) is 0 Å². The van der Waals surface area contributed by atoms with Crippen molar-refractivity contribution in [2.45, 2.75) is 26.3 Å². The number of rotatable bonds is 7. The Labute approximate surface area is 197 Å². The van der Waals surface area contributed by atoms with Crippen molar-refractivity contribution in [3.05, 3.63) is 101 Å². The van der Waals surface area contributed by atoms with Crippen LogP contribution >= 0.6 is 0 Å². The van der Waals surface area contributed by atoms with Crippen LogP contribution in [0.15, 0.2) is 72.8 Å². The van der Waals surface area contributed by atoms with Crippen molar-refractivity contribution in [1.82, 2.24) is 4.90 Å². The van der Waals surface area contributed by atoms with Gasteiger partial charge in [0.15, 0.2) is 6.61 Å². The predicted octanol–water partition coefficient (Wildman–Crippen LogP) is 3.69. The molecule has 0 bridgehead atoms. The predicted molar refractivity (Wildman–Crippen MR) is 126 cm³/mol. The molecule has 0 radical (unpaired) electrons. The number of amides is 3. The lowest BCUT2D eigenvalue weighted by molar-refractivity contribution is -0.151. The van der Waals surface area contributed by atoms with Gasteiger partial charge in [-0.15, -0.1) is 0 Å². The topological polar surface area (TPSA) is 92.8 Å². The maximum Gasteiger partial charge on any atom is 0.330 e. The lowest BCUT2D eigenvalue weighted by atomic mass is 10.0. The summed E-state index contributed by atoms with van der Waals surface area (Å²) in [6, 6.07) is 19.9. The lowest BCUT2D eigenvalue weighted by Crippen LogP contribution is -2.47. The van der Waals surface area contributed by atoms with Gasteiger partial charge in [0, 0.05) is 12.1 Å². The molecule has 1 aliphatic rings. The number of hydrogen-bond acceptors (Lipinski definition) is 5. The molecule has 3 aromatic rings. The second-order valence-corrected chi connectivity index (χ2v) is 8.15. The Hall–Kier alpha value is -4.26. The first kappa shape index (κ1) is 22.9. The number of carbonyl (C=O) groups is 4. The van der Waals surface area contributed by atoms with Crippen LogP contribution in [0.4, 0.5) is 5.69 Å². The number of benzene rings is 3. The third-order valence-electron chi connectivity index (χ3n) is 5.77. The monoisotopic (exact) mass is 456 g/mol. The number of imide groups is 1. The minimum absolute atomic E-state index is 0.0731. The van der Waals surface area contributed by atoms with E-state index in [1.807, 2.05) is 38.1 Å². The smallest absolute Gasteiger partial charge is 0.330 e. The van der Waals surface area contributed by atoms with Crippen LogP contribution in [0.3, 0.4) is 0 Å². The molecule has 1 N–H and O–H groups in total. The molecule has 7 nitrogen and oxygen atoms in total. The van der Waals surface area contributed by atoms with Gasteiger partial charge in [0.05, 0.1) is 11.1 Å². The summed E-state index contributed by atoms with van der Waals surface area (Å²) in [5, 5.41) is 2.76. The average molecular weight is 456 g/mol. The summed E-state index contributed by atoms with van der Waals surface area (Å²) >= 11 is 0. The van der Waals surface area contributed by atoms with Crippen molar-refractivity contribution >= 4 is 29.4 Å². The number of ether oxygens (including phenoxy) is 1. The summed E-state index contributed by atoms with van der Waals surface area (Å²) in [7, 11) is 0. The lowest BCUT2D eigenvalue weighted by Gasteiger charge is -2.24. The Morgan fingerprint density at radius 1 is 0.824 bits per heavy atom. The third-order valence-corrected chi connectivity index (χ3v) is 5.77. The van der Waals surface area contributed by atoms with Crippen molar-refractivity contribution in [3.8, 4) is 0 Å². The molecular formula is C27H24N2O5. The highest BCUT2D eigenvalue weighted by Gasteiger charge is 2.43. The van der Waals surface area contributed by atoms with Gasteiger partial charge in [-0.05, 0) is 42.7 Å². The number of hydrogen-bond donors (Lipinski definition) is 1. The molecule has 3 amide bonds. The zero-order valence-corrected chi connectivity index (χ0v) is 18.9. The summed E-state index contributed by atoms with van der Waals surface area (Å²) in [6.07, 6.45) is 0.0731. The average Bonchev–Trinajstić information content (AvgIpc) is 3.09. The molecule has 4 rings (SSSR count). The quantitative estimate of drug-likeness (QED) is 0.432. The number of carbonyl (C=O) groups excluding carboxylic acids is 4. The molecular weight excluding hydrogens is 432 g/mol. The molecule has 0 saturated carbocycles. The third kappa shape index (κ3) is 4.59. The first-order valence-electron chi connectivity index (χ1n) is 10.9. The molecule has 34 heavy (non-hydrogen) atoms. The minimum Gasteiger partial charge on any atom is -0.454 e. The van der Waals surface area contributed by atoms with Crippen molar-refractivity contribution in [2.24, 2.45) is 0 Å². The summed E-state index contributed by atoms with van der Waals surface area (Å²) in [5.74, 6) is -2.45. The Morgan fingerprint density at radius 3 is 1.97 bits per heavy atom. The van der Waals surface area contributed by atoms with E-state index >= 15 is 0 Å².